The molecular formula is C16H22O5. The fourth-order valence-electron chi connectivity index (χ4n) is 1.57. The summed E-state index contributed by atoms with van der Waals surface area (Å²) in [6.07, 6.45) is 2.57. The first-order valence-electron chi connectivity index (χ1n) is 6.67. The van der Waals surface area contributed by atoms with Gasteiger partial charge in [-0.1, -0.05) is 6.07 Å². The zero-order valence-corrected chi connectivity index (χ0v) is 12.9. The third kappa shape index (κ3) is 6.81. The van der Waals surface area contributed by atoms with Crippen molar-refractivity contribution in [1.29, 1.82) is 0 Å². The average Bonchev–Trinajstić information content (AvgIpc) is 2.40. The number of carboxylic acids is 1. The fourth-order valence-corrected chi connectivity index (χ4v) is 1.57. The Bertz CT molecular complexity index is 500. The quantitative estimate of drug-likeness (QED) is 0.618. The minimum atomic E-state index is -0.992. The van der Waals surface area contributed by atoms with Gasteiger partial charge < -0.3 is 19.3 Å². The molecule has 0 aliphatic heterocycles. The van der Waals surface area contributed by atoms with Gasteiger partial charge in [0.05, 0.1) is 19.3 Å². The van der Waals surface area contributed by atoms with Gasteiger partial charge in [0.2, 0.25) is 0 Å². The van der Waals surface area contributed by atoms with Crippen LogP contribution in [0.5, 0.6) is 11.5 Å². The SMILES string of the molecule is COc1cc(/C=C/C(=O)O)ccc1OCCOC(C)(C)C. The third-order valence-corrected chi connectivity index (χ3v) is 2.48. The maximum Gasteiger partial charge on any atom is 0.328 e. The molecule has 0 saturated carbocycles. The number of carbonyl (C=O) groups is 1. The van der Waals surface area contributed by atoms with E-state index in [1.165, 1.54) is 6.08 Å². The van der Waals surface area contributed by atoms with E-state index in [0.717, 1.165) is 11.6 Å². The molecule has 0 aromatic heterocycles. The highest BCUT2D eigenvalue weighted by Crippen LogP contribution is 2.28. The van der Waals surface area contributed by atoms with Gasteiger partial charge in [0, 0.05) is 6.08 Å². The van der Waals surface area contributed by atoms with Gasteiger partial charge in [0.25, 0.3) is 0 Å². The first-order valence-corrected chi connectivity index (χ1v) is 6.67. The van der Waals surface area contributed by atoms with Crippen LogP contribution in [0.4, 0.5) is 0 Å². The second kappa shape index (κ2) is 7.69. The lowest BCUT2D eigenvalue weighted by atomic mass is 10.2. The van der Waals surface area contributed by atoms with Crippen LogP contribution in [0.15, 0.2) is 24.3 Å². The Morgan fingerprint density at radius 3 is 2.52 bits per heavy atom. The number of methoxy groups -OCH3 is 1. The Balaban J connectivity index is 2.64. The molecule has 0 spiro atoms. The normalized spacial score (nSPS) is 11.6. The Morgan fingerprint density at radius 2 is 1.95 bits per heavy atom. The zero-order valence-electron chi connectivity index (χ0n) is 12.9. The number of hydrogen-bond acceptors (Lipinski definition) is 4. The Labute approximate surface area is 125 Å². The summed E-state index contributed by atoms with van der Waals surface area (Å²) < 4.78 is 16.4. The monoisotopic (exact) mass is 294 g/mol. The van der Waals surface area contributed by atoms with Crippen LogP contribution < -0.4 is 9.47 Å². The minimum Gasteiger partial charge on any atom is -0.493 e. The molecule has 0 bridgehead atoms. The van der Waals surface area contributed by atoms with Crippen molar-refractivity contribution in [3.63, 3.8) is 0 Å². The molecule has 21 heavy (non-hydrogen) atoms. The van der Waals surface area contributed by atoms with Crippen LogP contribution in [0.1, 0.15) is 26.3 Å². The Kier molecular flexibility index (Phi) is 6.24. The number of carboxylic acid groups (broad SMARTS) is 1. The van der Waals surface area contributed by atoms with Crippen molar-refractivity contribution in [3.05, 3.63) is 29.8 Å². The van der Waals surface area contributed by atoms with Gasteiger partial charge in [-0.15, -0.1) is 0 Å². The van der Waals surface area contributed by atoms with Crippen LogP contribution in [0.25, 0.3) is 6.08 Å². The molecule has 0 amide bonds. The molecule has 0 aliphatic rings. The van der Waals surface area contributed by atoms with Crippen LogP contribution in [0.2, 0.25) is 0 Å². The first-order chi connectivity index (χ1) is 9.81. The molecule has 0 unspecified atom stereocenters. The van der Waals surface area contributed by atoms with Gasteiger partial charge in [-0.25, -0.2) is 4.79 Å². The van der Waals surface area contributed by atoms with Gasteiger partial charge in [-0.2, -0.15) is 0 Å². The molecule has 0 heterocycles. The molecule has 1 rings (SSSR count). The zero-order chi connectivity index (χ0) is 15.9. The van der Waals surface area contributed by atoms with Gasteiger partial charge in [-0.05, 0) is 44.5 Å². The summed E-state index contributed by atoms with van der Waals surface area (Å²) in [4.78, 5) is 10.5. The van der Waals surface area contributed by atoms with E-state index in [2.05, 4.69) is 0 Å². The van der Waals surface area contributed by atoms with E-state index in [1.54, 1.807) is 25.3 Å². The molecule has 0 aliphatic carbocycles. The predicted molar refractivity (Wildman–Crippen MR) is 80.9 cm³/mol. The highest BCUT2D eigenvalue weighted by atomic mass is 16.5. The van der Waals surface area contributed by atoms with E-state index in [4.69, 9.17) is 19.3 Å². The van der Waals surface area contributed by atoms with Crippen molar-refractivity contribution >= 4 is 12.0 Å². The van der Waals surface area contributed by atoms with E-state index in [-0.39, 0.29) is 5.60 Å². The third-order valence-electron chi connectivity index (χ3n) is 2.48. The highest BCUT2D eigenvalue weighted by Gasteiger charge is 2.10. The number of benzene rings is 1. The molecule has 5 heteroatoms. The van der Waals surface area contributed by atoms with Crippen LogP contribution in [0.3, 0.4) is 0 Å². The van der Waals surface area contributed by atoms with Crippen LogP contribution >= 0.6 is 0 Å². The average molecular weight is 294 g/mol. The molecular weight excluding hydrogens is 272 g/mol. The lowest BCUT2D eigenvalue weighted by molar-refractivity contribution is -0.131. The van der Waals surface area contributed by atoms with E-state index < -0.39 is 5.97 Å². The summed E-state index contributed by atoms with van der Waals surface area (Å²) >= 11 is 0. The van der Waals surface area contributed by atoms with E-state index in [9.17, 15) is 4.79 Å². The summed E-state index contributed by atoms with van der Waals surface area (Å²) in [5.41, 5.74) is 0.534. The number of ether oxygens (including phenoxy) is 3. The molecule has 5 nitrogen and oxygen atoms in total. The number of hydrogen-bond donors (Lipinski definition) is 1. The number of rotatable bonds is 7. The van der Waals surface area contributed by atoms with Crippen molar-refractivity contribution in [3.8, 4) is 11.5 Å². The topological polar surface area (TPSA) is 65.0 Å². The molecule has 0 radical (unpaired) electrons. The predicted octanol–water partition coefficient (Wildman–Crippen LogP) is 2.99. The Hall–Kier alpha value is -2.01. The number of aliphatic carboxylic acids is 1. The molecule has 1 aromatic carbocycles. The minimum absolute atomic E-state index is 0.196. The summed E-state index contributed by atoms with van der Waals surface area (Å²) in [6.45, 7) is 6.84. The summed E-state index contributed by atoms with van der Waals surface area (Å²) in [5.74, 6) is 0.161. The molecule has 1 N–H and O–H groups in total. The van der Waals surface area contributed by atoms with Crippen LogP contribution in [-0.4, -0.2) is 37.0 Å². The summed E-state index contributed by atoms with van der Waals surface area (Å²) in [6, 6.07) is 5.23. The molecule has 1 aromatic rings. The lowest BCUT2D eigenvalue weighted by Crippen LogP contribution is -2.22. The molecule has 0 atom stereocenters. The van der Waals surface area contributed by atoms with E-state index in [1.807, 2.05) is 20.8 Å². The van der Waals surface area contributed by atoms with E-state index >= 15 is 0 Å². The van der Waals surface area contributed by atoms with Crippen molar-refractivity contribution in [1.82, 2.24) is 0 Å². The first kappa shape index (κ1) is 17.0. The molecule has 0 saturated heterocycles. The fraction of sp³-hybridized carbons (Fsp3) is 0.438. The van der Waals surface area contributed by atoms with Crippen molar-refractivity contribution < 1.29 is 24.1 Å². The molecule has 0 fully saturated rings. The van der Waals surface area contributed by atoms with Crippen LogP contribution in [0, 0.1) is 0 Å². The summed E-state index contributed by atoms with van der Waals surface area (Å²) in [7, 11) is 1.54. The largest absolute Gasteiger partial charge is 0.493 e. The second-order valence-corrected chi connectivity index (χ2v) is 5.39. The van der Waals surface area contributed by atoms with Crippen molar-refractivity contribution in [2.24, 2.45) is 0 Å². The lowest BCUT2D eigenvalue weighted by Gasteiger charge is -2.19. The van der Waals surface area contributed by atoms with Crippen LogP contribution in [-0.2, 0) is 9.53 Å². The second-order valence-electron chi connectivity index (χ2n) is 5.39. The summed E-state index contributed by atoms with van der Waals surface area (Å²) in [5, 5.41) is 8.61. The van der Waals surface area contributed by atoms with Gasteiger partial charge in [0.15, 0.2) is 11.5 Å². The maximum atomic E-state index is 10.5. The maximum absolute atomic E-state index is 10.5. The Morgan fingerprint density at radius 1 is 1.24 bits per heavy atom. The smallest absolute Gasteiger partial charge is 0.328 e. The van der Waals surface area contributed by atoms with Gasteiger partial charge >= 0.3 is 5.97 Å². The molecule has 116 valence electrons. The highest BCUT2D eigenvalue weighted by molar-refractivity contribution is 5.85. The van der Waals surface area contributed by atoms with Gasteiger partial charge in [0.1, 0.15) is 6.61 Å². The van der Waals surface area contributed by atoms with E-state index in [0.29, 0.717) is 24.7 Å². The van der Waals surface area contributed by atoms with Gasteiger partial charge in [-0.3, -0.25) is 0 Å². The van der Waals surface area contributed by atoms with Crippen molar-refractivity contribution in [2.45, 2.75) is 26.4 Å². The standard InChI is InChI=1S/C16H22O5/c1-16(2,3)21-10-9-20-13-7-5-12(6-8-15(17)18)11-14(13)19-4/h5-8,11H,9-10H2,1-4H3,(H,17,18)/b8-6+. The van der Waals surface area contributed by atoms with Crippen molar-refractivity contribution in [2.75, 3.05) is 20.3 Å².